The summed E-state index contributed by atoms with van der Waals surface area (Å²) in [7, 11) is 0. The first kappa shape index (κ1) is 17.2. The fourth-order valence-electron chi connectivity index (χ4n) is 2.96. The number of rotatable bonds is 4. The maximum atomic E-state index is 12.7. The molecule has 0 aliphatic carbocycles. The molecule has 0 saturated carbocycles. The maximum absolute atomic E-state index is 12.7. The van der Waals surface area contributed by atoms with Crippen LogP contribution in [-0.4, -0.2) is 20.3 Å². The lowest BCUT2D eigenvalue weighted by Gasteiger charge is -2.07. The van der Waals surface area contributed by atoms with Crippen LogP contribution in [-0.2, 0) is 0 Å². The van der Waals surface area contributed by atoms with Crippen molar-refractivity contribution < 1.29 is 4.79 Å². The molecule has 4 aromatic rings. The first-order valence-electron chi connectivity index (χ1n) is 8.49. The van der Waals surface area contributed by atoms with Gasteiger partial charge in [-0.1, -0.05) is 48.0 Å². The molecule has 4 nitrogen and oxygen atoms in total. The lowest BCUT2D eigenvalue weighted by Crippen LogP contribution is -2.06. The van der Waals surface area contributed by atoms with Crippen LogP contribution in [0.1, 0.15) is 21.7 Å². The van der Waals surface area contributed by atoms with E-state index < -0.39 is 0 Å². The molecule has 4 rings (SSSR count). The summed E-state index contributed by atoms with van der Waals surface area (Å²) in [5, 5.41) is 0.696. The van der Waals surface area contributed by atoms with Gasteiger partial charge in [-0.3, -0.25) is 9.78 Å². The molecule has 2 heterocycles. The first-order valence-corrected chi connectivity index (χ1v) is 8.87. The van der Waals surface area contributed by atoms with E-state index >= 15 is 0 Å². The fraction of sp³-hybridized carbons (Fsp3) is 0.0455. The lowest BCUT2D eigenvalue weighted by molar-refractivity contribution is 0.102. The van der Waals surface area contributed by atoms with E-state index in [2.05, 4.69) is 9.97 Å². The molecule has 5 heteroatoms. The number of imidazole rings is 1. The largest absolute Gasteiger partial charge is 0.306 e. The van der Waals surface area contributed by atoms with Gasteiger partial charge in [0.15, 0.2) is 0 Å². The van der Waals surface area contributed by atoms with Gasteiger partial charge in [-0.2, -0.15) is 0 Å². The van der Waals surface area contributed by atoms with Gasteiger partial charge in [0.25, 0.3) is 0 Å². The zero-order valence-corrected chi connectivity index (χ0v) is 15.4. The Morgan fingerprint density at radius 2 is 1.85 bits per heavy atom. The van der Waals surface area contributed by atoms with E-state index in [1.54, 1.807) is 18.7 Å². The Kier molecular flexibility index (Phi) is 4.57. The van der Waals surface area contributed by atoms with Crippen molar-refractivity contribution >= 4 is 17.4 Å². The van der Waals surface area contributed by atoms with E-state index in [-0.39, 0.29) is 5.78 Å². The minimum atomic E-state index is -0.186. The lowest BCUT2D eigenvalue weighted by atomic mass is 10.1. The molecule has 2 aromatic carbocycles. The van der Waals surface area contributed by atoms with Crippen LogP contribution in [0.4, 0.5) is 0 Å². The first-order chi connectivity index (χ1) is 13.1. The van der Waals surface area contributed by atoms with E-state index in [4.69, 9.17) is 11.6 Å². The third-order valence-corrected chi connectivity index (χ3v) is 4.70. The normalized spacial score (nSPS) is 10.7. The van der Waals surface area contributed by atoms with Crippen molar-refractivity contribution in [3.05, 3.63) is 101 Å². The van der Waals surface area contributed by atoms with Gasteiger partial charge >= 0.3 is 0 Å². The van der Waals surface area contributed by atoms with Gasteiger partial charge in [-0.15, -0.1) is 0 Å². The summed E-state index contributed by atoms with van der Waals surface area (Å²) >= 11 is 6.31. The van der Waals surface area contributed by atoms with Crippen molar-refractivity contribution in [1.29, 1.82) is 0 Å². The number of hydrogen-bond acceptors (Lipinski definition) is 3. The third-order valence-electron chi connectivity index (χ3n) is 4.37. The van der Waals surface area contributed by atoms with Gasteiger partial charge in [0.2, 0.25) is 5.78 Å². The van der Waals surface area contributed by atoms with Crippen molar-refractivity contribution in [1.82, 2.24) is 14.5 Å². The Balaban J connectivity index is 1.68. The summed E-state index contributed by atoms with van der Waals surface area (Å²) < 4.78 is 1.83. The summed E-state index contributed by atoms with van der Waals surface area (Å²) in [5.74, 6) is -0.186. The summed E-state index contributed by atoms with van der Waals surface area (Å²) in [6.07, 6.45) is 4.98. The van der Waals surface area contributed by atoms with Gasteiger partial charge in [0, 0.05) is 28.7 Å². The van der Waals surface area contributed by atoms with Crippen LogP contribution >= 0.6 is 11.6 Å². The Hall–Kier alpha value is -3.24. The number of pyridine rings is 1. The number of ketones is 1. The number of carbonyl (C=O) groups excluding carboxylic acids is 1. The van der Waals surface area contributed by atoms with Crippen LogP contribution in [0.15, 0.2) is 79.4 Å². The van der Waals surface area contributed by atoms with Crippen molar-refractivity contribution in [2.45, 2.75) is 6.92 Å². The average Bonchev–Trinajstić information content (AvgIpc) is 3.19. The monoisotopic (exact) mass is 373 g/mol. The molecular formula is C22H16ClN3O. The summed E-state index contributed by atoms with van der Waals surface area (Å²) in [4.78, 5) is 21.2. The zero-order valence-electron chi connectivity index (χ0n) is 14.6. The van der Waals surface area contributed by atoms with Crippen LogP contribution < -0.4 is 0 Å². The highest BCUT2D eigenvalue weighted by atomic mass is 35.5. The SMILES string of the molecule is Cc1cccnc1C(=O)c1cn(-c2cccc(-c3ccccc3Cl)c2)cn1. The second kappa shape index (κ2) is 7.17. The summed E-state index contributed by atoms with van der Waals surface area (Å²) in [6.45, 7) is 1.87. The van der Waals surface area contributed by atoms with Crippen LogP contribution in [0, 0.1) is 6.92 Å². The molecule has 0 spiro atoms. The highest BCUT2D eigenvalue weighted by molar-refractivity contribution is 6.33. The van der Waals surface area contributed by atoms with Gasteiger partial charge in [0.05, 0.1) is 0 Å². The Morgan fingerprint density at radius 1 is 1.00 bits per heavy atom. The molecule has 2 aromatic heterocycles. The number of carbonyl (C=O) groups is 1. The quantitative estimate of drug-likeness (QED) is 0.466. The Morgan fingerprint density at radius 3 is 2.67 bits per heavy atom. The molecule has 132 valence electrons. The van der Waals surface area contributed by atoms with E-state index in [9.17, 15) is 4.79 Å². The van der Waals surface area contributed by atoms with E-state index in [1.807, 2.05) is 72.2 Å². The van der Waals surface area contributed by atoms with Crippen LogP contribution in [0.25, 0.3) is 16.8 Å². The van der Waals surface area contributed by atoms with Gasteiger partial charge in [0.1, 0.15) is 17.7 Å². The number of benzene rings is 2. The van der Waals surface area contributed by atoms with Crippen LogP contribution in [0.2, 0.25) is 5.02 Å². The van der Waals surface area contributed by atoms with Crippen LogP contribution in [0.3, 0.4) is 0 Å². The molecule has 0 aliphatic rings. The molecule has 0 aliphatic heterocycles. The summed E-state index contributed by atoms with van der Waals surface area (Å²) in [6, 6.07) is 19.3. The average molecular weight is 374 g/mol. The molecule has 0 radical (unpaired) electrons. The standard InChI is InChI=1S/C22H16ClN3O/c1-15-6-5-11-24-21(15)22(27)20-13-26(14-25-20)17-8-4-7-16(12-17)18-9-2-3-10-19(18)23/h2-14H,1H3. The fourth-order valence-corrected chi connectivity index (χ4v) is 3.20. The van der Waals surface area contributed by atoms with Crippen molar-refractivity contribution in [3.8, 4) is 16.8 Å². The third kappa shape index (κ3) is 3.39. The highest BCUT2D eigenvalue weighted by Gasteiger charge is 2.16. The van der Waals surface area contributed by atoms with E-state index in [1.165, 1.54) is 0 Å². The number of aromatic nitrogens is 3. The van der Waals surface area contributed by atoms with Gasteiger partial charge in [-0.25, -0.2) is 4.98 Å². The number of aryl methyl sites for hydroxylation is 1. The van der Waals surface area contributed by atoms with Gasteiger partial charge in [-0.05, 0) is 42.3 Å². The van der Waals surface area contributed by atoms with Gasteiger partial charge < -0.3 is 4.57 Å². The molecule has 0 amide bonds. The second-order valence-electron chi connectivity index (χ2n) is 6.19. The second-order valence-corrected chi connectivity index (χ2v) is 6.60. The van der Waals surface area contributed by atoms with E-state index in [0.717, 1.165) is 22.4 Å². The Bertz CT molecular complexity index is 1130. The number of halogens is 1. The van der Waals surface area contributed by atoms with Crippen LogP contribution in [0.5, 0.6) is 0 Å². The van der Waals surface area contributed by atoms with Crippen molar-refractivity contribution in [3.63, 3.8) is 0 Å². The highest BCUT2D eigenvalue weighted by Crippen LogP contribution is 2.28. The maximum Gasteiger partial charge on any atom is 0.231 e. The molecular weight excluding hydrogens is 358 g/mol. The van der Waals surface area contributed by atoms with E-state index in [0.29, 0.717) is 16.4 Å². The molecule has 0 fully saturated rings. The molecule has 27 heavy (non-hydrogen) atoms. The molecule has 0 unspecified atom stereocenters. The minimum absolute atomic E-state index is 0.186. The number of hydrogen-bond donors (Lipinski definition) is 0. The van der Waals surface area contributed by atoms with Crippen molar-refractivity contribution in [2.75, 3.05) is 0 Å². The molecule has 0 saturated heterocycles. The summed E-state index contributed by atoms with van der Waals surface area (Å²) in [5.41, 5.74) is 4.48. The Labute approximate surface area is 162 Å². The molecule has 0 bridgehead atoms. The minimum Gasteiger partial charge on any atom is -0.306 e. The smallest absolute Gasteiger partial charge is 0.231 e. The zero-order chi connectivity index (χ0) is 18.8. The topological polar surface area (TPSA) is 47.8 Å². The number of nitrogens with zero attached hydrogens (tertiary/aromatic N) is 3. The predicted octanol–water partition coefficient (Wildman–Crippen LogP) is 5.13. The molecule has 0 N–H and O–H groups in total. The predicted molar refractivity (Wildman–Crippen MR) is 106 cm³/mol. The molecule has 0 atom stereocenters. The van der Waals surface area contributed by atoms with Crippen molar-refractivity contribution in [2.24, 2.45) is 0 Å².